The van der Waals surface area contributed by atoms with Gasteiger partial charge in [0, 0.05) is 17.7 Å². The molecule has 0 saturated carbocycles. The van der Waals surface area contributed by atoms with Gasteiger partial charge in [0.05, 0.1) is 23.0 Å². The fraction of sp³-hybridized carbons (Fsp3) is 0.235. The number of hydrogen-bond donors (Lipinski definition) is 3. The van der Waals surface area contributed by atoms with Crippen LogP contribution in [-0.2, 0) is 20.9 Å². The molecule has 3 aromatic carbocycles. The molecular weight excluding hydrogens is 647 g/mol. The number of ketones is 1. The van der Waals surface area contributed by atoms with Gasteiger partial charge in [-0.2, -0.15) is 0 Å². The molecule has 1 aromatic heterocycles. The zero-order valence-electron chi connectivity index (χ0n) is 25.5. The van der Waals surface area contributed by atoms with Crippen LogP contribution in [0.3, 0.4) is 0 Å². The van der Waals surface area contributed by atoms with Gasteiger partial charge in [-0.05, 0) is 35.7 Å². The predicted molar refractivity (Wildman–Crippen MR) is 175 cm³/mol. The van der Waals surface area contributed by atoms with Crippen molar-refractivity contribution in [2.45, 2.75) is 38.9 Å². The molecule has 3 amide bonds. The quantitative estimate of drug-likeness (QED) is 0.152. The highest BCUT2D eigenvalue weighted by Gasteiger charge is 2.33. The number of Topliss-reactive ketones (excluding diaryl/α,β-unsaturated/α-hetero) is 1. The maximum Gasteiger partial charge on any atom is 0.305 e. The van der Waals surface area contributed by atoms with Crippen molar-refractivity contribution in [1.82, 2.24) is 20.5 Å². The molecule has 4 rings (SSSR count). The molecule has 1 unspecified atom stereocenters. The summed E-state index contributed by atoms with van der Waals surface area (Å²) in [6.45, 7) is 2.97. The average Bonchev–Trinajstić information content (AvgIpc) is 3.52. The van der Waals surface area contributed by atoms with Crippen LogP contribution < -0.4 is 10.6 Å². The van der Waals surface area contributed by atoms with Gasteiger partial charge in [-0.25, -0.2) is 4.98 Å². The maximum absolute atomic E-state index is 13.9. The Kier molecular flexibility index (Phi) is 11.9. The van der Waals surface area contributed by atoms with E-state index in [0.717, 1.165) is 6.26 Å². The topological polar surface area (TPSA) is 159 Å². The van der Waals surface area contributed by atoms with Crippen molar-refractivity contribution >= 4 is 52.7 Å². The Hall–Kier alpha value is -5.00. The van der Waals surface area contributed by atoms with E-state index in [4.69, 9.17) is 27.6 Å². The van der Waals surface area contributed by atoms with Crippen LogP contribution >= 0.6 is 23.2 Å². The third-order valence-electron chi connectivity index (χ3n) is 7.08. The first-order valence-corrected chi connectivity index (χ1v) is 15.3. The summed E-state index contributed by atoms with van der Waals surface area (Å²) in [4.78, 5) is 70.8. The summed E-state index contributed by atoms with van der Waals surface area (Å²) in [6.07, 6.45) is 0.361. The first-order chi connectivity index (χ1) is 22.4. The van der Waals surface area contributed by atoms with Gasteiger partial charge < -0.3 is 25.1 Å². The molecule has 11 nitrogen and oxygen atoms in total. The zero-order chi connectivity index (χ0) is 34.1. The van der Waals surface area contributed by atoms with E-state index in [0.29, 0.717) is 16.7 Å². The molecule has 0 saturated heterocycles. The standard InChI is InChI=1S/C34H32Cl2N4O7/c1-20(2)30(39-32(45)22-12-7-4-8-13-22)34(46)40(17-21-10-5-3-6-11-21)18-27(41)37-25(16-28(42)43)31(44)33-38-26(19-47-33)29-23(35)14-9-15-24(29)36/h3-15,19-20,25,30H,16-18H2,1-2H3,(H,37,41)(H,39,45)(H,42,43)/t25?,30-/m0/s1. The van der Waals surface area contributed by atoms with Gasteiger partial charge in [0.15, 0.2) is 0 Å². The monoisotopic (exact) mass is 678 g/mol. The Morgan fingerprint density at radius 3 is 2.09 bits per heavy atom. The summed E-state index contributed by atoms with van der Waals surface area (Å²) in [5.41, 5.74) is 1.52. The van der Waals surface area contributed by atoms with Crippen LogP contribution in [0.25, 0.3) is 11.3 Å². The number of carbonyl (C=O) groups is 5. The highest BCUT2D eigenvalue weighted by atomic mass is 35.5. The van der Waals surface area contributed by atoms with E-state index >= 15 is 0 Å². The van der Waals surface area contributed by atoms with Gasteiger partial charge in [0.2, 0.25) is 17.6 Å². The number of carbonyl (C=O) groups excluding carboxylic acids is 4. The number of hydrogen-bond acceptors (Lipinski definition) is 7. The molecule has 47 heavy (non-hydrogen) atoms. The summed E-state index contributed by atoms with van der Waals surface area (Å²) < 4.78 is 5.34. The summed E-state index contributed by atoms with van der Waals surface area (Å²) in [6, 6.07) is 19.5. The molecule has 0 aliphatic carbocycles. The van der Waals surface area contributed by atoms with Crippen molar-refractivity contribution in [2.75, 3.05) is 6.54 Å². The summed E-state index contributed by atoms with van der Waals surface area (Å²) in [5.74, 6) is -4.93. The molecule has 2 atom stereocenters. The van der Waals surface area contributed by atoms with Gasteiger partial charge in [-0.3, -0.25) is 24.0 Å². The number of halogens is 2. The van der Waals surface area contributed by atoms with E-state index in [1.165, 1.54) is 4.90 Å². The number of aromatic nitrogens is 1. The van der Waals surface area contributed by atoms with Crippen molar-refractivity contribution in [3.05, 3.63) is 112 Å². The molecule has 0 aliphatic rings. The molecule has 13 heteroatoms. The fourth-order valence-electron chi connectivity index (χ4n) is 4.73. The van der Waals surface area contributed by atoms with Gasteiger partial charge in [-0.15, -0.1) is 0 Å². The van der Waals surface area contributed by atoms with Crippen LogP contribution in [0.5, 0.6) is 0 Å². The minimum Gasteiger partial charge on any atom is -0.481 e. The van der Waals surface area contributed by atoms with Crippen LogP contribution in [-0.4, -0.2) is 63.1 Å². The zero-order valence-corrected chi connectivity index (χ0v) is 27.0. The van der Waals surface area contributed by atoms with Gasteiger partial charge in [0.1, 0.15) is 24.0 Å². The van der Waals surface area contributed by atoms with E-state index in [1.54, 1.807) is 92.7 Å². The Labute approximate surface area is 280 Å². The van der Waals surface area contributed by atoms with Gasteiger partial charge in [-0.1, -0.05) is 91.6 Å². The number of amides is 3. The second kappa shape index (κ2) is 16.0. The summed E-state index contributed by atoms with van der Waals surface area (Å²) in [5, 5.41) is 15.2. The van der Waals surface area contributed by atoms with E-state index in [2.05, 4.69) is 15.6 Å². The van der Waals surface area contributed by atoms with E-state index in [9.17, 15) is 29.1 Å². The summed E-state index contributed by atoms with van der Waals surface area (Å²) >= 11 is 12.5. The van der Waals surface area contributed by atoms with Crippen molar-refractivity contribution in [3.63, 3.8) is 0 Å². The highest BCUT2D eigenvalue weighted by Crippen LogP contribution is 2.34. The lowest BCUT2D eigenvalue weighted by Crippen LogP contribution is -2.54. The largest absolute Gasteiger partial charge is 0.481 e. The number of carboxylic acids is 1. The smallest absolute Gasteiger partial charge is 0.305 e. The number of oxazole rings is 1. The lowest BCUT2D eigenvalue weighted by atomic mass is 10.0. The van der Waals surface area contributed by atoms with E-state index < -0.39 is 60.4 Å². The summed E-state index contributed by atoms with van der Waals surface area (Å²) in [7, 11) is 0. The Morgan fingerprint density at radius 2 is 1.49 bits per heavy atom. The minimum absolute atomic E-state index is 0.00322. The number of nitrogens with one attached hydrogen (secondary N) is 2. The molecule has 0 bridgehead atoms. The molecular formula is C34H32Cl2N4O7. The first-order valence-electron chi connectivity index (χ1n) is 14.6. The Morgan fingerprint density at radius 1 is 0.872 bits per heavy atom. The van der Waals surface area contributed by atoms with Crippen molar-refractivity contribution in [2.24, 2.45) is 5.92 Å². The van der Waals surface area contributed by atoms with Crippen LogP contribution in [0.2, 0.25) is 10.0 Å². The molecule has 0 aliphatic heterocycles. The minimum atomic E-state index is -1.58. The molecule has 244 valence electrons. The SMILES string of the molecule is CC(C)[C@H](NC(=O)c1ccccc1)C(=O)N(CC(=O)NC(CC(=O)O)C(=O)c1nc(-c2c(Cl)cccc2Cl)co1)Cc1ccccc1. The van der Waals surface area contributed by atoms with Crippen LogP contribution in [0, 0.1) is 5.92 Å². The number of rotatable bonds is 14. The lowest BCUT2D eigenvalue weighted by molar-refractivity contribution is -0.140. The maximum atomic E-state index is 13.9. The number of nitrogens with zero attached hydrogens (tertiary/aromatic N) is 2. The predicted octanol–water partition coefficient (Wildman–Crippen LogP) is 5.27. The average molecular weight is 680 g/mol. The molecule has 0 fully saturated rings. The first kappa shape index (κ1) is 34.9. The van der Waals surface area contributed by atoms with Gasteiger partial charge in [0.25, 0.3) is 11.8 Å². The molecule has 0 spiro atoms. The Balaban J connectivity index is 1.56. The van der Waals surface area contributed by atoms with Crippen molar-refractivity contribution in [1.29, 1.82) is 0 Å². The normalized spacial score (nSPS) is 12.2. The third-order valence-corrected chi connectivity index (χ3v) is 7.71. The van der Waals surface area contributed by atoms with E-state index in [1.807, 2.05) is 0 Å². The lowest BCUT2D eigenvalue weighted by Gasteiger charge is -2.30. The second-order valence-electron chi connectivity index (χ2n) is 11.0. The number of benzene rings is 3. The van der Waals surface area contributed by atoms with Gasteiger partial charge >= 0.3 is 5.97 Å². The van der Waals surface area contributed by atoms with Crippen LogP contribution in [0.1, 0.15) is 46.9 Å². The number of aliphatic carboxylic acids is 1. The molecule has 1 heterocycles. The van der Waals surface area contributed by atoms with Crippen LogP contribution in [0.15, 0.2) is 89.5 Å². The molecule has 0 radical (unpaired) electrons. The van der Waals surface area contributed by atoms with Crippen molar-refractivity contribution in [3.8, 4) is 11.3 Å². The molecule has 4 aromatic rings. The van der Waals surface area contributed by atoms with E-state index in [-0.39, 0.29) is 28.2 Å². The molecule has 3 N–H and O–H groups in total. The van der Waals surface area contributed by atoms with Crippen molar-refractivity contribution < 1.29 is 33.5 Å². The fourth-order valence-corrected chi connectivity index (χ4v) is 5.32. The third kappa shape index (κ3) is 9.27. The second-order valence-corrected chi connectivity index (χ2v) is 11.8. The van der Waals surface area contributed by atoms with Crippen LogP contribution in [0.4, 0.5) is 0 Å². The Bertz CT molecular complexity index is 1730. The highest BCUT2D eigenvalue weighted by molar-refractivity contribution is 6.39. The number of carboxylic acid groups (broad SMARTS) is 1.